The number of nitrogens with one attached hydrogen (secondary N) is 1. The molecule has 0 spiro atoms. The van der Waals surface area contributed by atoms with Crippen LogP contribution in [0.5, 0.6) is 0 Å². The van der Waals surface area contributed by atoms with Crippen LogP contribution in [-0.4, -0.2) is 31.0 Å². The fourth-order valence-electron chi connectivity index (χ4n) is 2.21. The van der Waals surface area contributed by atoms with Gasteiger partial charge in [0.2, 0.25) is 0 Å². The second-order valence-electron chi connectivity index (χ2n) is 5.09. The van der Waals surface area contributed by atoms with Crippen LogP contribution in [0.4, 0.5) is 5.82 Å². The summed E-state index contributed by atoms with van der Waals surface area (Å²) < 4.78 is 2.05. The standard InChI is InChI=1S/C15H18N6/c1-4-17-14-12-15(21(9-18-12)10(2)3)20-13(19-14)11-6-5-7-16-8-11/h5-10H,4H2,1-3H3,(H,17,19,20). The largest absolute Gasteiger partial charge is 0.368 e. The number of hydrogen-bond acceptors (Lipinski definition) is 5. The highest BCUT2D eigenvalue weighted by Gasteiger charge is 2.15. The van der Waals surface area contributed by atoms with Crippen molar-refractivity contribution >= 4 is 17.0 Å². The molecule has 108 valence electrons. The van der Waals surface area contributed by atoms with E-state index in [1.54, 1.807) is 12.4 Å². The van der Waals surface area contributed by atoms with Crippen molar-refractivity contribution in [3.05, 3.63) is 30.9 Å². The van der Waals surface area contributed by atoms with Crippen LogP contribution < -0.4 is 5.32 Å². The Labute approximate surface area is 123 Å². The van der Waals surface area contributed by atoms with Crippen LogP contribution in [0, 0.1) is 0 Å². The molecule has 0 aliphatic heterocycles. The Morgan fingerprint density at radius 1 is 1.29 bits per heavy atom. The van der Waals surface area contributed by atoms with Crippen LogP contribution in [0.3, 0.4) is 0 Å². The van der Waals surface area contributed by atoms with Gasteiger partial charge in [0, 0.05) is 30.5 Å². The van der Waals surface area contributed by atoms with Crippen LogP contribution in [0.2, 0.25) is 0 Å². The van der Waals surface area contributed by atoms with E-state index in [1.165, 1.54) is 0 Å². The van der Waals surface area contributed by atoms with Gasteiger partial charge in [-0.25, -0.2) is 15.0 Å². The first-order valence-electron chi connectivity index (χ1n) is 7.09. The van der Waals surface area contributed by atoms with Gasteiger partial charge in [0.25, 0.3) is 0 Å². The number of fused-ring (bicyclic) bond motifs is 1. The summed E-state index contributed by atoms with van der Waals surface area (Å²) in [5.74, 6) is 1.43. The molecule has 3 heterocycles. The van der Waals surface area contributed by atoms with E-state index in [2.05, 4.69) is 43.7 Å². The maximum absolute atomic E-state index is 4.68. The number of pyridine rings is 1. The van der Waals surface area contributed by atoms with Crippen LogP contribution in [0.1, 0.15) is 26.8 Å². The first-order chi connectivity index (χ1) is 10.2. The van der Waals surface area contributed by atoms with Gasteiger partial charge < -0.3 is 9.88 Å². The van der Waals surface area contributed by atoms with Gasteiger partial charge in [0.1, 0.15) is 5.52 Å². The van der Waals surface area contributed by atoms with E-state index >= 15 is 0 Å². The lowest BCUT2D eigenvalue weighted by molar-refractivity contribution is 0.613. The molecule has 0 aliphatic carbocycles. The molecule has 0 saturated heterocycles. The maximum Gasteiger partial charge on any atom is 0.166 e. The van der Waals surface area contributed by atoms with Crippen molar-refractivity contribution in [3.8, 4) is 11.4 Å². The molecule has 0 bridgehead atoms. The molecule has 0 aliphatic rings. The highest BCUT2D eigenvalue weighted by molar-refractivity contribution is 5.85. The molecule has 0 saturated carbocycles. The zero-order valence-corrected chi connectivity index (χ0v) is 12.4. The van der Waals surface area contributed by atoms with Crippen molar-refractivity contribution in [2.24, 2.45) is 0 Å². The predicted octanol–water partition coefficient (Wildman–Crippen LogP) is 2.90. The van der Waals surface area contributed by atoms with E-state index in [-0.39, 0.29) is 0 Å². The monoisotopic (exact) mass is 282 g/mol. The molecule has 0 amide bonds. The molecule has 1 N–H and O–H groups in total. The molecule has 0 radical (unpaired) electrons. The normalized spacial score (nSPS) is 11.2. The van der Waals surface area contributed by atoms with E-state index in [4.69, 9.17) is 0 Å². The first kappa shape index (κ1) is 13.5. The van der Waals surface area contributed by atoms with Crippen molar-refractivity contribution in [2.75, 3.05) is 11.9 Å². The van der Waals surface area contributed by atoms with E-state index in [0.717, 1.165) is 29.1 Å². The molecule has 21 heavy (non-hydrogen) atoms. The zero-order chi connectivity index (χ0) is 14.8. The Hall–Kier alpha value is -2.50. The third kappa shape index (κ3) is 2.44. The third-order valence-corrected chi connectivity index (χ3v) is 3.24. The Bertz CT molecular complexity index is 747. The van der Waals surface area contributed by atoms with Gasteiger partial charge >= 0.3 is 0 Å². The number of nitrogens with zero attached hydrogens (tertiary/aromatic N) is 5. The summed E-state index contributed by atoms with van der Waals surface area (Å²) in [4.78, 5) is 17.9. The van der Waals surface area contributed by atoms with Gasteiger partial charge in [-0.2, -0.15) is 0 Å². The molecule has 0 aromatic carbocycles. The molecule has 3 rings (SSSR count). The molecule has 6 heteroatoms. The Morgan fingerprint density at radius 2 is 2.14 bits per heavy atom. The number of rotatable bonds is 4. The average molecular weight is 282 g/mol. The fourth-order valence-corrected chi connectivity index (χ4v) is 2.21. The van der Waals surface area contributed by atoms with E-state index in [9.17, 15) is 0 Å². The highest BCUT2D eigenvalue weighted by atomic mass is 15.2. The van der Waals surface area contributed by atoms with Gasteiger partial charge in [0.15, 0.2) is 17.3 Å². The fraction of sp³-hybridized carbons (Fsp3) is 0.333. The van der Waals surface area contributed by atoms with Crippen molar-refractivity contribution < 1.29 is 0 Å². The van der Waals surface area contributed by atoms with E-state index < -0.39 is 0 Å². The SMILES string of the molecule is CCNc1nc(-c2cccnc2)nc2c1ncn2C(C)C. The Kier molecular flexibility index (Phi) is 3.51. The Balaban J connectivity index is 2.24. The second kappa shape index (κ2) is 5.47. The van der Waals surface area contributed by atoms with Gasteiger partial charge in [-0.05, 0) is 32.9 Å². The molecule has 0 unspecified atom stereocenters. The van der Waals surface area contributed by atoms with Gasteiger partial charge in [-0.15, -0.1) is 0 Å². The molecule has 3 aromatic rings. The lowest BCUT2D eigenvalue weighted by atomic mass is 10.2. The van der Waals surface area contributed by atoms with Crippen LogP contribution in [0.15, 0.2) is 30.9 Å². The maximum atomic E-state index is 4.68. The van der Waals surface area contributed by atoms with E-state index in [1.807, 2.05) is 25.4 Å². The minimum atomic E-state index is 0.293. The summed E-state index contributed by atoms with van der Waals surface area (Å²) in [6.07, 6.45) is 5.33. The summed E-state index contributed by atoms with van der Waals surface area (Å²) in [5, 5.41) is 3.27. The quantitative estimate of drug-likeness (QED) is 0.797. The lowest BCUT2D eigenvalue weighted by Gasteiger charge is -2.10. The first-order valence-corrected chi connectivity index (χ1v) is 7.09. The summed E-state index contributed by atoms with van der Waals surface area (Å²) in [6.45, 7) is 7.05. The third-order valence-electron chi connectivity index (χ3n) is 3.24. The lowest BCUT2D eigenvalue weighted by Crippen LogP contribution is -2.05. The molecular formula is C15H18N6. The number of anilines is 1. The summed E-state index contributed by atoms with van der Waals surface area (Å²) in [6, 6.07) is 4.14. The summed E-state index contributed by atoms with van der Waals surface area (Å²) in [7, 11) is 0. The second-order valence-corrected chi connectivity index (χ2v) is 5.09. The van der Waals surface area contributed by atoms with Crippen LogP contribution in [0.25, 0.3) is 22.6 Å². The highest BCUT2D eigenvalue weighted by Crippen LogP contribution is 2.25. The average Bonchev–Trinajstić information content (AvgIpc) is 2.92. The molecule has 0 atom stereocenters. The van der Waals surface area contributed by atoms with Crippen molar-refractivity contribution in [1.29, 1.82) is 0 Å². The van der Waals surface area contributed by atoms with Gasteiger partial charge in [-0.3, -0.25) is 4.98 Å². The molecule has 0 fully saturated rings. The minimum absolute atomic E-state index is 0.293. The van der Waals surface area contributed by atoms with Crippen LogP contribution in [-0.2, 0) is 0 Å². The van der Waals surface area contributed by atoms with Crippen molar-refractivity contribution in [1.82, 2.24) is 24.5 Å². The van der Waals surface area contributed by atoms with Crippen molar-refractivity contribution in [2.45, 2.75) is 26.8 Å². The number of aromatic nitrogens is 5. The van der Waals surface area contributed by atoms with Gasteiger partial charge in [0.05, 0.1) is 6.33 Å². The predicted molar refractivity (Wildman–Crippen MR) is 83.1 cm³/mol. The molecule has 3 aromatic heterocycles. The molecule has 6 nitrogen and oxygen atoms in total. The van der Waals surface area contributed by atoms with Crippen LogP contribution >= 0.6 is 0 Å². The number of hydrogen-bond donors (Lipinski definition) is 1. The molecular weight excluding hydrogens is 264 g/mol. The Morgan fingerprint density at radius 3 is 2.81 bits per heavy atom. The topological polar surface area (TPSA) is 68.5 Å². The summed E-state index contributed by atoms with van der Waals surface area (Å²) >= 11 is 0. The smallest absolute Gasteiger partial charge is 0.166 e. The van der Waals surface area contributed by atoms with Crippen molar-refractivity contribution in [3.63, 3.8) is 0 Å². The summed E-state index contributed by atoms with van der Waals surface area (Å²) in [5.41, 5.74) is 2.54. The number of imidazole rings is 1. The minimum Gasteiger partial charge on any atom is -0.368 e. The van der Waals surface area contributed by atoms with Gasteiger partial charge in [-0.1, -0.05) is 0 Å². The van der Waals surface area contributed by atoms with E-state index in [0.29, 0.717) is 11.9 Å². The zero-order valence-electron chi connectivity index (χ0n) is 12.4.